The van der Waals surface area contributed by atoms with Crippen LogP contribution in [0.1, 0.15) is 92.9 Å². The minimum absolute atomic E-state index is 0.0243. The Morgan fingerprint density at radius 3 is 2.69 bits per heavy atom. The van der Waals surface area contributed by atoms with Gasteiger partial charge in [0.15, 0.2) is 5.82 Å². The number of hydrogen-bond donors (Lipinski definition) is 1. The van der Waals surface area contributed by atoms with E-state index in [-0.39, 0.29) is 17.7 Å². The molecule has 0 spiro atoms. The van der Waals surface area contributed by atoms with Crippen molar-refractivity contribution in [3.8, 4) is 0 Å². The molecule has 2 fully saturated rings. The van der Waals surface area contributed by atoms with Crippen LogP contribution in [0.5, 0.6) is 0 Å². The highest BCUT2D eigenvalue weighted by Crippen LogP contribution is 2.34. The lowest BCUT2D eigenvalue weighted by Gasteiger charge is -2.33. The molecule has 35 heavy (non-hydrogen) atoms. The van der Waals surface area contributed by atoms with Gasteiger partial charge in [0.25, 0.3) is 5.56 Å². The lowest BCUT2D eigenvalue weighted by atomic mass is 10.0. The third-order valence-electron chi connectivity index (χ3n) is 7.86. The molecule has 1 aliphatic heterocycles. The molecule has 0 amide bonds. The molecule has 8 heteroatoms. The summed E-state index contributed by atoms with van der Waals surface area (Å²) in [6.07, 6.45) is 8.98. The van der Waals surface area contributed by atoms with Crippen LogP contribution in [0.3, 0.4) is 0 Å². The van der Waals surface area contributed by atoms with Crippen molar-refractivity contribution >= 4 is 10.9 Å². The second-order valence-corrected chi connectivity index (χ2v) is 10.4. The predicted molar refractivity (Wildman–Crippen MR) is 136 cm³/mol. The molecular formula is C27H38N6O2. The van der Waals surface area contributed by atoms with E-state index < -0.39 is 0 Å². The number of rotatable bonds is 9. The van der Waals surface area contributed by atoms with Crippen molar-refractivity contribution in [2.75, 3.05) is 13.2 Å². The molecule has 1 aliphatic carbocycles. The van der Waals surface area contributed by atoms with E-state index in [1.54, 1.807) is 0 Å². The van der Waals surface area contributed by atoms with E-state index >= 15 is 0 Å². The molecule has 5 rings (SSSR count). The summed E-state index contributed by atoms with van der Waals surface area (Å²) in [7, 11) is 0. The van der Waals surface area contributed by atoms with E-state index in [1.807, 2.05) is 0 Å². The number of fused-ring (bicyclic) bond motifs is 1. The standard InChI is InChI=1S/C27H38N6O2/c1-4-8-25(26-29-30-31-33(26)22-9-5-6-10-22)32(17-23-11-7-12-35-23)16-21-15-20-13-18(2)19(3)14-24(20)28-27(21)34/h13-15,22-23,25H,4-12,16-17H2,1-3H3,(H,28,34). The summed E-state index contributed by atoms with van der Waals surface area (Å²) in [5.41, 5.74) is 4.06. The van der Waals surface area contributed by atoms with E-state index in [0.29, 0.717) is 12.6 Å². The molecule has 1 aromatic carbocycles. The highest BCUT2D eigenvalue weighted by molar-refractivity contribution is 5.80. The maximum absolute atomic E-state index is 13.2. The van der Waals surface area contributed by atoms with E-state index in [1.165, 1.54) is 24.0 Å². The summed E-state index contributed by atoms with van der Waals surface area (Å²) >= 11 is 0. The van der Waals surface area contributed by atoms with Gasteiger partial charge in [0, 0.05) is 30.8 Å². The van der Waals surface area contributed by atoms with Crippen molar-refractivity contribution in [2.45, 2.75) is 96.9 Å². The minimum atomic E-state index is -0.0243. The Morgan fingerprint density at radius 2 is 1.94 bits per heavy atom. The molecule has 0 radical (unpaired) electrons. The molecule has 1 N–H and O–H groups in total. The zero-order valence-electron chi connectivity index (χ0n) is 21.3. The van der Waals surface area contributed by atoms with Crippen LogP contribution in [0.4, 0.5) is 0 Å². The van der Waals surface area contributed by atoms with Crippen molar-refractivity contribution in [3.05, 3.63) is 51.1 Å². The Morgan fingerprint density at radius 1 is 1.14 bits per heavy atom. The van der Waals surface area contributed by atoms with Crippen LogP contribution in [0.2, 0.25) is 0 Å². The van der Waals surface area contributed by atoms with Gasteiger partial charge in [0.1, 0.15) is 0 Å². The van der Waals surface area contributed by atoms with E-state index in [9.17, 15) is 4.79 Å². The molecule has 1 saturated heterocycles. The molecule has 2 aromatic heterocycles. The van der Waals surface area contributed by atoms with Crippen LogP contribution in [-0.2, 0) is 11.3 Å². The average Bonchev–Trinajstić information content (AvgIpc) is 3.61. The zero-order chi connectivity index (χ0) is 24.4. The number of tetrazole rings is 1. The first-order chi connectivity index (χ1) is 17.0. The van der Waals surface area contributed by atoms with Gasteiger partial charge in [-0.25, -0.2) is 4.68 Å². The van der Waals surface area contributed by atoms with Crippen molar-refractivity contribution < 1.29 is 4.74 Å². The second-order valence-electron chi connectivity index (χ2n) is 10.4. The van der Waals surface area contributed by atoms with Crippen LogP contribution in [0, 0.1) is 13.8 Å². The normalized spacial score (nSPS) is 19.8. The average molecular weight is 479 g/mol. The third kappa shape index (κ3) is 5.19. The van der Waals surface area contributed by atoms with Gasteiger partial charge >= 0.3 is 0 Å². The second kappa shape index (κ2) is 10.6. The maximum Gasteiger partial charge on any atom is 0.252 e. The van der Waals surface area contributed by atoms with Gasteiger partial charge in [-0.1, -0.05) is 26.2 Å². The van der Waals surface area contributed by atoms with Gasteiger partial charge in [0.05, 0.1) is 18.2 Å². The highest BCUT2D eigenvalue weighted by atomic mass is 16.5. The molecule has 2 atom stereocenters. The number of pyridine rings is 1. The number of hydrogen-bond acceptors (Lipinski definition) is 6. The van der Waals surface area contributed by atoms with E-state index in [4.69, 9.17) is 4.74 Å². The van der Waals surface area contributed by atoms with Gasteiger partial charge in [-0.2, -0.15) is 0 Å². The van der Waals surface area contributed by atoms with Crippen molar-refractivity contribution in [2.24, 2.45) is 0 Å². The lowest BCUT2D eigenvalue weighted by Crippen LogP contribution is -2.38. The molecule has 2 aliphatic rings. The number of benzene rings is 1. The fraction of sp³-hybridized carbons (Fsp3) is 0.630. The molecule has 8 nitrogen and oxygen atoms in total. The Balaban J connectivity index is 1.51. The Kier molecular flexibility index (Phi) is 7.29. The number of nitrogens with zero attached hydrogens (tertiary/aromatic N) is 5. The van der Waals surface area contributed by atoms with Gasteiger partial charge in [0.2, 0.25) is 0 Å². The molecule has 1 saturated carbocycles. The summed E-state index contributed by atoms with van der Waals surface area (Å²) in [4.78, 5) is 18.7. The molecule has 2 unspecified atom stereocenters. The van der Waals surface area contributed by atoms with Crippen LogP contribution in [0.15, 0.2) is 23.0 Å². The van der Waals surface area contributed by atoms with Crippen molar-refractivity contribution in [1.29, 1.82) is 0 Å². The number of nitrogens with one attached hydrogen (secondary N) is 1. The molecule has 188 valence electrons. The number of ether oxygens (including phenoxy) is 1. The first-order valence-corrected chi connectivity index (χ1v) is 13.3. The van der Waals surface area contributed by atoms with Gasteiger partial charge < -0.3 is 9.72 Å². The number of aromatic amines is 1. The van der Waals surface area contributed by atoms with Gasteiger partial charge in [-0.3, -0.25) is 9.69 Å². The quantitative estimate of drug-likeness (QED) is 0.477. The molecule has 3 heterocycles. The first-order valence-electron chi connectivity index (χ1n) is 13.3. The summed E-state index contributed by atoms with van der Waals surface area (Å²) in [6.45, 7) is 8.52. The Hall–Kier alpha value is -2.58. The summed E-state index contributed by atoms with van der Waals surface area (Å²) < 4.78 is 8.12. The van der Waals surface area contributed by atoms with Crippen LogP contribution in [-0.4, -0.2) is 49.3 Å². The van der Waals surface area contributed by atoms with E-state index in [2.05, 4.69) is 69.1 Å². The smallest absolute Gasteiger partial charge is 0.252 e. The number of H-pyrrole nitrogens is 1. The van der Waals surface area contributed by atoms with Crippen molar-refractivity contribution in [1.82, 2.24) is 30.1 Å². The first kappa shape index (κ1) is 24.1. The molecule has 0 bridgehead atoms. The largest absolute Gasteiger partial charge is 0.377 e. The highest BCUT2D eigenvalue weighted by Gasteiger charge is 2.32. The van der Waals surface area contributed by atoms with Gasteiger partial charge in [-0.15, -0.1) is 5.10 Å². The predicted octanol–water partition coefficient (Wildman–Crippen LogP) is 4.77. The van der Waals surface area contributed by atoms with Crippen molar-refractivity contribution in [3.63, 3.8) is 0 Å². The Labute approximate surface area is 207 Å². The monoisotopic (exact) mass is 478 g/mol. The fourth-order valence-electron chi connectivity index (χ4n) is 5.79. The van der Waals surface area contributed by atoms with Crippen LogP contribution < -0.4 is 5.56 Å². The molecule has 3 aromatic rings. The minimum Gasteiger partial charge on any atom is -0.377 e. The lowest BCUT2D eigenvalue weighted by molar-refractivity contribution is 0.0471. The third-order valence-corrected chi connectivity index (χ3v) is 7.86. The summed E-state index contributed by atoms with van der Waals surface area (Å²) in [5, 5.41) is 14.1. The van der Waals surface area contributed by atoms with E-state index in [0.717, 1.165) is 74.0 Å². The van der Waals surface area contributed by atoms with Gasteiger partial charge in [-0.05, 0) is 91.1 Å². The van der Waals surface area contributed by atoms with Crippen LogP contribution in [0.25, 0.3) is 10.9 Å². The topological polar surface area (TPSA) is 88.9 Å². The fourth-order valence-corrected chi connectivity index (χ4v) is 5.79. The number of aromatic nitrogens is 5. The summed E-state index contributed by atoms with van der Waals surface area (Å²) in [6, 6.07) is 6.70. The molecular weight excluding hydrogens is 440 g/mol. The zero-order valence-corrected chi connectivity index (χ0v) is 21.3. The maximum atomic E-state index is 13.2. The summed E-state index contributed by atoms with van der Waals surface area (Å²) in [5.74, 6) is 0.931. The SMILES string of the molecule is CCCC(c1nnnn1C1CCCC1)N(Cc1cc2cc(C)c(C)cc2[nH]c1=O)CC1CCCO1. The Bertz CT molecular complexity index is 1210. The number of aryl methyl sites for hydroxylation is 2. The van der Waals surface area contributed by atoms with Crippen LogP contribution >= 0.6 is 0 Å².